The summed E-state index contributed by atoms with van der Waals surface area (Å²) in [4.78, 5) is 27.9. The fraction of sp³-hybridized carbons (Fsp3) is 0.486. The maximum Gasteiger partial charge on any atom is 0.417 e. The number of hydrogen-bond acceptors (Lipinski definition) is 3. The van der Waals surface area contributed by atoms with E-state index in [2.05, 4.69) is 27.9 Å². The molecule has 0 unspecified atom stereocenters. The average Bonchev–Trinajstić information content (AvgIpc) is 3.44. The summed E-state index contributed by atoms with van der Waals surface area (Å²) in [5, 5.41) is 7.80. The Morgan fingerprint density at radius 1 is 0.783 bits per heavy atom. The van der Waals surface area contributed by atoms with Gasteiger partial charge in [-0.1, -0.05) is 114 Å². The Balaban J connectivity index is 1.40. The molecule has 252 valence electrons. The van der Waals surface area contributed by atoms with Crippen molar-refractivity contribution in [3.05, 3.63) is 64.8 Å². The summed E-state index contributed by atoms with van der Waals surface area (Å²) < 4.78 is 39.4. The number of primary amides is 1. The Labute approximate surface area is 275 Å². The van der Waals surface area contributed by atoms with Crippen LogP contribution in [0.5, 0.6) is 0 Å². The third-order valence-electron chi connectivity index (χ3n) is 7.94. The molecule has 2 aromatic carbocycles. The second kappa shape index (κ2) is 19.1. The fourth-order valence-corrected chi connectivity index (χ4v) is 5.65. The van der Waals surface area contributed by atoms with Gasteiger partial charge in [-0.15, -0.1) is 0 Å². The Morgan fingerprint density at radius 3 is 1.85 bits per heavy atom. The van der Waals surface area contributed by atoms with E-state index in [-0.39, 0.29) is 5.69 Å². The number of unbranched alkanes of at least 4 members (excludes halogenated alkanes) is 13. The molecule has 46 heavy (non-hydrogen) atoms. The number of aromatic nitrogens is 1. The number of carbonyl (C=O) groups excluding carboxylic acids is 2. The van der Waals surface area contributed by atoms with Crippen LogP contribution in [0.2, 0.25) is 5.02 Å². The highest BCUT2D eigenvalue weighted by atomic mass is 35.5. The van der Waals surface area contributed by atoms with E-state index in [0.29, 0.717) is 34.7 Å². The molecule has 1 aromatic heterocycles. The second-order valence-corrected chi connectivity index (χ2v) is 12.1. The smallest absolute Gasteiger partial charge is 0.371 e. The van der Waals surface area contributed by atoms with Crippen LogP contribution >= 0.6 is 11.6 Å². The Hall–Kier alpha value is -3.66. The number of alkyl halides is 3. The lowest BCUT2D eigenvalue weighted by Crippen LogP contribution is -2.20. The van der Waals surface area contributed by atoms with Crippen molar-refractivity contribution in [2.45, 2.75) is 103 Å². The molecule has 3 aromatic rings. The van der Waals surface area contributed by atoms with Crippen LogP contribution in [0.3, 0.4) is 0 Å². The number of benzene rings is 2. The number of aromatic amines is 1. The molecule has 6 N–H and O–H groups in total. The molecule has 0 spiro atoms. The van der Waals surface area contributed by atoms with Crippen LogP contribution in [0.1, 0.15) is 113 Å². The summed E-state index contributed by atoms with van der Waals surface area (Å²) in [7, 11) is 0. The molecule has 7 nitrogen and oxygen atoms in total. The molecule has 0 atom stereocenters. The largest absolute Gasteiger partial charge is 0.417 e. The van der Waals surface area contributed by atoms with E-state index in [1.807, 2.05) is 0 Å². The number of rotatable bonds is 20. The van der Waals surface area contributed by atoms with Crippen LogP contribution in [0, 0.1) is 0 Å². The molecule has 1 heterocycles. The maximum absolute atomic E-state index is 13.1. The van der Waals surface area contributed by atoms with E-state index in [1.165, 1.54) is 83.1 Å². The minimum absolute atomic E-state index is 0.0571. The van der Waals surface area contributed by atoms with Gasteiger partial charge in [0.05, 0.1) is 16.1 Å². The summed E-state index contributed by atoms with van der Waals surface area (Å²) in [6.45, 7) is 2.97. The van der Waals surface area contributed by atoms with Gasteiger partial charge in [-0.2, -0.15) is 13.2 Å². The number of nitrogens with one attached hydrogen (secondary N) is 4. The van der Waals surface area contributed by atoms with Crippen LogP contribution in [-0.4, -0.2) is 23.5 Å². The third kappa shape index (κ3) is 12.3. The van der Waals surface area contributed by atoms with E-state index in [4.69, 9.17) is 17.3 Å². The fourth-order valence-electron chi connectivity index (χ4n) is 5.43. The van der Waals surface area contributed by atoms with Crippen molar-refractivity contribution in [3.63, 3.8) is 0 Å². The minimum Gasteiger partial charge on any atom is -0.371 e. The van der Waals surface area contributed by atoms with Crippen molar-refractivity contribution < 1.29 is 22.8 Å². The van der Waals surface area contributed by atoms with Crippen LogP contribution in [0.25, 0.3) is 11.1 Å². The molecule has 0 saturated carbocycles. The summed E-state index contributed by atoms with van der Waals surface area (Å²) in [6.07, 6.45) is 15.1. The van der Waals surface area contributed by atoms with E-state index < -0.39 is 28.7 Å². The zero-order valence-corrected chi connectivity index (χ0v) is 27.4. The number of H-pyrrole nitrogens is 1. The quantitative estimate of drug-likeness (QED) is 0.0776. The molecule has 0 saturated heterocycles. The van der Waals surface area contributed by atoms with Gasteiger partial charge >= 0.3 is 12.2 Å². The molecule has 11 heteroatoms. The molecule has 0 bridgehead atoms. The molecule has 0 radical (unpaired) electrons. The maximum atomic E-state index is 13.1. The van der Waals surface area contributed by atoms with E-state index in [9.17, 15) is 22.8 Å². The molecule has 3 amide bonds. The molecule has 0 aliphatic carbocycles. The molecular formula is C35H47ClF3N5O2. The molecular weight excluding hydrogens is 615 g/mol. The first-order chi connectivity index (χ1) is 22.1. The van der Waals surface area contributed by atoms with Gasteiger partial charge in [-0.3, -0.25) is 4.79 Å². The lowest BCUT2D eigenvalue weighted by Gasteiger charge is -2.12. The lowest BCUT2D eigenvalue weighted by molar-refractivity contribution is -0.137. The Kier molecular flexibility index (Phi) is 15.3. The normalized spacial score (nSPS) is 11.4. The molecule has 0 aliphatic rings. The van der Waals surface area contributed by atoms with Crippen molar-refractivity contribution in [2.24, 2.45) is 5.73 Å². The summed E-state index contributed by atoms with van der Waals surface area (Å²) in [5.74, 6) is 0.00226. The van der Waals surface area contributed by atoms with E-state index >= 15 is 0 Å². The number of hydrogen-bond donors (Lipinski definition) is 5. The van der Waals surface area contributed by atoms with Gasteiger partial charge in [0.25, 0.3) is 5.91 Å². The van der Waals surface area contributed by atoms with Crippen molar-refractivity contribution >= 4 is 40.7 Å². The number of anilines is 3. The highest BCUT2D eigenvalue weighted by Gasteiger charge is 2.33. The van der Waals surface area contributed by atoms with Gasteiger partial charge in [-0.25, -0.2) is 4.79 Å². The van der Waals surface area contributed by atoms with Gasteiger partial charge in [0.1, 0.15) is 5.82 Å². The average molecular weight is 662 g/mol. The zero-order valence-electron chi connectivity index (χ0n) is 26.6. The predicted octanol–water partition coefficient (Wildman–Crippen LogP) is 11.0. The first-order valence-corrected chi connectivity index (χ1v) is 16.8. The van der Waals surface area contributed by atoms with Crippen molar-refractivity contribution in [1.29, 1.82) is 0 Å². The van der Waals surface area contributed by atoms with Gasteiger partial charge in [-0.05, 0) is 42.3 Å². The van der Waals surface area contributed by atoms with E-state index in [0.717, 1.165) is 25.0 Å². The van der Waals surface area contributed by atoms with Crippen LogP contribution < -0.4 is 21.7 Å². The standard InChI is InChI=1S/C35H47ClF3N5O2/c1-2-3-4-5-6-7-8-9-10-11-12-13-14-15-22-41-33-31(32(40)45)28(24-42-33)25-16-18-26(19-17-25)43-34(46)44-27-20-21-30(36)29(23-27)35(37,38)39/h16-21,23-24,41-42H,2-15,22H2,1H3,(H2,40,45)(H2,43,44,46). The highest BCUT2D eigenvalue weighted by molar-refractivity contribution is 6.31. The Bertz CT molecular complexity index is 1380. The number of halogens is 4. The van der Waals surface area contributed by atoms with Crippen LogP contribution in [0.4, 0.5) is 35.2 Å². The van der Waals surface area contributed by atoms with Crippen LogP contribution in [0.15, 0.2) is 48.7 Å². The van der Waals surface area contributed by atoms with Gasteiger partial charge in [0, 0.05) is 29.7 Å². The van der Waals surface area contributed by atoms with Crippen molar-refractivity contribution in [1.82, 2.24) is 4.98 Å². The van der Waals surface area contributed by atoms with Crippen molar-refractivity contribution in [2.75, 3.05) is 22.5 Å². The highest BCUT2D eigenvalue weighted by Crippen LogP contribution is 2.36. The molecule has 3 rings (SSSR count). The van der Waals surface area contributed by atoms with Crippen LogP contribution in [-0.2, 0) is 6.18 Å². The SMILES string of the molecule is CCCCCCCCCCCCCCCCNc1[nH]cc(-c2ccc(NC(=O)Nc3ccc(Cl)c(C(F)(F)F)c3)cc2)c1C(N)=O. The first kappa shape index (κ1) is 36.8. The predicted molar refractivity (Wildman–Crippen MR) is 183 cm³/mol. The number of urea groups is 1. The van der Waals surface area contributed by atoms with Gasteiger partial charge < -0.3 is 26.7 Å². The number of amides is 3. The van der Waals surface area contributed by atoms with E-state index in [1.54, 1.807) is 30.5 Å². The summed E-state index contributed by atoms with van der Waals surface area (Å²) in [5.41, 5.74) is 6.70. The summed E-state index contributed by atoms with van der Waals surface area (Å²) >= 11 is 5.64. The third-order valence-corrected chi connectivity index (χ3v) is 8.27. The second-order valence-electron chi connectivity index (χ2n) is 11.7. The monoisotopic (exact) mass is 661 g/mol. The van der Waals surface area contributed by atoms with Gasteiger partial charge in [0.2, 0.25) is 0 Å². The molecule has 0 aliphatic heterocycles. The lowest BCUT2D eigenvalue weighted by atomic mass is 10.0. The Morgan fingerprint density at radius 2 is 1.30 bits per heavy atom. The minimum atomic E-state index is -4.65. The number of nitrogens with two attached hydrogens (primary N) is 1. The zero-order chi connectivity index (χ0) is 33.4. The number of carbonyl (C=O) groups is 2. The molecule has 0 fully saturated rings. The van der Waals surface area contributed by atoms with Crippen molar-refractivity contribution in [3.8, 4) is 11.1 Å². The summed E-state index contributed by atoms with van der Waals surface area (Å²) in [6, 6.07) is 9.08. The first-order valence-electron chi connectivity index (χ1n) is 16.4. The topological polar surface area (TPSA) is 112 Å². The van der Waals surface area contributed by atoms with Gasteiger partial charge in [0.15, 0.2) is 0 Å².